The number of pyridine rings is 2. The maximum absolute atomic E-state index is 12.3. The van der Waals surface area contributed by atoms with Crippen LogP contribution < -0.4 is 0 Å². The normalized spacial score (nSPS) is 11.2. The smallest absolute Gasteiger partial charge is 0.340 e. The first-order chi connectivity index (χ1) is 16.1. The molecule has 8 heteroatoms. The van der Waals surface area contributed by atoms with Crippen molar-refractivity contribution in [2.24, 2.45) is 0 Å². The van der Waals surface area contributed by atoms with E-state index >= 15 is 0 Å². The highest BCUT2D eigenvalue weighted by Crippen LogP contribution is 2.16. The van der Waals surface area contributed by atoms with E-state index in [1.165, 1.54) is 0 Å². The largest absolute Gasteiger partial charge is 0.460 e. The molecule has 0 aliphatic heterocycles. The minimum absolute atomic E-state index is 0.158. The average molecular weight is 450 g/mol. The van der Waals surface area contributed by atoms with Crippen LogP contribution >= 0.6 is 0 Å². The van der Waals surface area contributed by atoms with Crippen LogP contribution in [0.15, 0.2) is 67.3 Å². The monoisotopic (exact) mass is 450 g/mol. The molecule has 4 heterocycles. The average Bonchev–Trinajstić information content (AvgIpc) is 3.44. The minimum atomic E-state index is -0.378. The summed E-state index contributed by atoms with van der Waals surface area (Å²) in [5, 5.41) is 0. The van der Waals surface area contributed by atoms with Gasteiger partial charge in [-0.25, -0.2) is 9.59 Å². The fourth-order valence-electron chi connectivity index (χ4n) is 3.47. The Morgan fingerprint density at radius 2 is 1.21 bits per heavy atom. The van der Waals surface area contributed by atoms with Crippen molar-refractivity contribution in [3.05, 3.63) is 83.9 Å². The summed E-state index contributed by atoms with van der Waals surface area (Å²) in [7, 11) is 0. The summed E-state index contributed by atoms with van der Waals surface area (Å²) in [6.07, 6.45) is 7.43. The molecule has 0 bridgehead atoms. The van der Waals surface area contributed by atoms with Gasteiger partial charge in [-0.1, -0.05) is 6.07 Å². The molecule has 172 valence electrons. The molecule has 0 saturated carbocycles. The Bertz CT molecular complexity index is 1240. The van der Waals surface area contributed by atoms with E-state index in [9.17, 15) is 9.59 Å². The molecule has 4 rings (SSSR count). The second-order valence-electron chi connectivity index (χ2n) is 7.45. The maximum Gasteiger partial charge on any atom is 0.340 e. The maximum atomic E-state index is 12.3. The summed E-state index contributed by atoms with van der Waals surface area (Å²) < 4.78 is 25.1. The van der Waals surface area contributed by atoms with Crippen molar-refractivity contribution >= 4 is 23.0 Å². The molecule has 0 unspecified atom stereocenters. The summed E-state index contributed by atoms with van der Waals surface area (Å²) in [6, 6.07) is 13.0. The van der Waals surface area contributed by atoms with E-state index in [-0.39, 0.29) is 38.4 Å². The number of aryl methyl sites for hydroxylation is 1. The zero-order valence-corrected chi connectivity index (χ0v) is 18.4. The molecule has 0 spiro atoms. The summed E-state index contributed by atoms with van der Waals surface area (Å²) in [5.74, 6) is -0.753. The van der Waals surface area contributed by atoms with Crippen LogP contribution in [0.3, 0.4) is 0 Å². The molecule has 4 aromatic heterocycles. The molecule has 0 radical (unpaired) electrons. The Kier molecular flexibility index (Phi) is 7.39. The van der Waals surface area contributed by atoms with Crippen molar-refractivity contribution in [1.29, 1.82) is 0 Å². The fraction of sp³-hybridized carbons (Fsp3) is 0.280. The van der Waals surface area contributed by atoms with Crippen LogP contribution in [0.4, 0.5) is 0 Å². The quantitative estimate of drug-likeness (QED) is 0.257. The number of ether oxygens (including phenoxy) is 4. The third kappa shape index (κ3) is 5.60. The third-order valence-electron chi connectivity index (χ3n) is 5.12. The van der Waals surface area contributed by atoms with Gasteiger partial charge in [0.15, 0.2) is 0 Å². The summed E-state index contributed by atoms with van der Waals surface area (Å²) in [6.45, 7) is 3.55. The van der Waals surface area contributed by atoms with Gasteiger partial charge in [-0.3, -0.25) is 0 Å². The highest BCUT2D eigenvalue weighted by atomic mass is 16.6. The van der Waals surface area contributed by atoms with E-state index in [0.29, 0.717) is 24.3 Å². The Balaban J connectivity index is 1.06. The van der Waals surface area contributed by atoms with Crippen LogP contribution in [-0.2, 0) is 18.9 Å². The van der Waals surface area contributed by atoms with Crippen LogP contribution in [0.1, 0.15) is 26.3 Å². The first-order valence-corrected chi connectivity index (χ1v) is 10.8. The fourth-order valence-corrected chi connectivity index (χ4v) is 3.47. The molecule has 0 aliphatic carbocycles. The Morgan fingerprint density at radius 3 is 1.88 bits per heavy atom. The molecule has 8 nitrogen and oxygen atoms in total. The number of nitrogens with zero attached hydrogens (tertiary/aromatic N) is 2. The predicted molar refractivity (Wildman–Crippen MR) is 122 cm³/mol. The molecule has 4 aromatic rings. The van der Waals surface area contributed by atoms with Gasteiger partial charge in [0.05, 0.1) is 48.6 Å². The first-order valence-electron chi connectivity index (χ1n) is 10.8. The minimum Gasteiger partial charge on any atom is -0.460 e. The van der Waals surface area contributed by atoms with Crippen molar-refractivity contribution < 1.29 is 28.5 Å². The van der Waals surface area contributed by atoms with Gasteiger partial charge in [-0.05, 0) is 48.9 Å². The zero-order valence-electron chi connectivity index (χ0n) is 18.4. The molecule has 0 aromatic carbocycles. The molecule has 0 N–H and O–H groups in total. The Morgan fingerprint density at radius 1 is 0.667 bits per heavy atom. The lowest BCUT2D eigenvalue weighted by Crippen LogP contribution is -2.15. The van der Waals surface area contributed by atoms with Crippen LogP contribution in [0.2, 0.25) is 0 Å². The number of fused-ring (bicyclic) bond motifs is 2. The van der Waals surface area contributed by atoms with Crippen molar-refractivity contribution in [3.8, 4) is 0 Å². The number of carbonyl (C=O) groups excluding carboxylic acids is 2. The van der Waals surface area contributed by atoms with Gasteiger partial charge in [0.2, 0.25) is 0 Å². The molecule has 33 heavy (non-hydrogen) atoms. The molecular weight excluding hydrogens is 424 g/mol. The lowest BCUT2D eigenvalue weighted by Gasteiger charge is -2.08. The topological polar surface area (TPSA) is 79.9 Å². The van der Waals surface area contributed by atoms with E-state index in [0.717, 1.165) is 16.6 Å². The van der Waals surface area contributed by atoms with Gasteiger partial charge < -0.3 is 27.7 Å². The van der Waals surface area contributed by atoms with Crippen LogP contribution in [0, 0.1) is 6.92 Å². The second-order valence-corrected chi connectivity index (χ2v) is 7.45. The third-order valence-corrected chi connectivity index (χ3v) is 5.12. The molecule has 0 aliphatic rings. The number of rotatable bonds is 11. The standard InChI is InChI=1S/C25H26N2O6/c1-19-5-9-27-11-7-21(23(27)18-19)25(29)33-17-15-31-13-12-30-14-16-32-24(28)20-6-10-26-8-3-2-4-22(20)26/h2-11,18H,12-17H2,1H3. The molecule has 0 saturated heterocycles. The molecule has 0 amide bonds. The van der Waals surface area contributed by atoms with Crippen molar-refractivity contribution in [1.82, 2.24) is 8.80 Å². The van der Waals surface area contributed by atoms with E-state index in [1.807, 2.05) is 70.8 Å². The summed E-state index contributed by atoms with van der Waals surface area (Å²) >= 11 is 0. The first kappa shape index (κ1) is 22.6. The SMILES string of the molecule is Cc1ccn2ccc(C(=O)OCCOCCOCCOC(=O)c3ccn4ccccc34)c2c1. The number of hydrogen-bond donors (Lipinski definition) is 0. The van der Waals surface area contributed by atoms with Gasteiger partial charge in [-0.15, -0.1) is 0 Å². The van der Waals surface area contributed by atoms with Crippen molar-refractivity contribution in [2.75, 3.05) is 39.6 Å². The van der Waals surface area contributed by atoms with E-state index in [4.69, 9.17) is 18.9 Å². The zero-order chi connectivity index (χ0) is 23.0. The highest BCUT2D eigenvalue weighted by Gasteiger charge is 2.13. The molecular formula is C25H26N2O6. The van der Waals surface area contributed by atoms with Gasteiger partial charge in [0, 0.05) is 24.8 Å². The van der Waals surface area contributed by atoms with E-state index in [2.05, 4.69) is 0 Å². The Labute approximate surface area is 191 Å². The number of aromatic nitrogens is 2. The number of carbonyl (C=O) groups is 2. The summed E-state index contributed by atoms with van der Waals surface area (Å²) in [5.41, 5.74) is 3.76. The lowest BCUT2D eigenvalue weighted by atomic mass is 10.2. The van der Waals surface area contributed by atoms with Crippen LogP contribution in [0.25, 0.3) is 11.0 Å². The van der Waals surface area contributed by atoms with E-state index < -0.39 is 0 Å². The molecule has 0 fully saturated rings. The second kappa shape index (κ2) is 10.8. The van der Waals surface area contributed by atoms with Crippen LogP contribution in [-0.4, -0.2) is 60.4 Å². The van der Waals surface area contributed by atoms with Gasteiger partial charge in [-0.2, -0.15) is 0 Å². The van der Waals surface area contributed by atoms with Crippen molar-refractivity contribution in [2.45, 2.75) is 6.92 Å². The van der Waals surface area contributed by atoms with Gasteiger partial charge in [0.1, 0.15) is 13.2 Å². The summed E-state index contributed by atoms with van der Waals surface area (Å²) in [4.78, 5) is 24.5. The number of hydrogen-bond acceptors (Lipinski definition) is 6. The van der Waals surface area contributed by atoms with Crippen molar-refractivity contribution in [3.63, 3.8) is 0 Å². The van der Waals surface area contributed by atoms with Gasteiger partial charge in [0.25, 0.3) is 0 Å². The Hall–Kier alpha value is -3.62. The van der Waals surface area contributed by atoms with Crippen LogP contribution in [0.5, 0.6) is 0 Å². The highest BCUT2D eigenvalue weighted by molar-refractivity contribution is 5.98. The lowest BCUT2D eigenvalue weighted by molar-refractivity contribution is 0.00240. The van der Waals surface area contributed by atoms with Gasteiger partial charge >= 0.3 is 11.9 Å². The molecule has 0 atom stereocenters. The van der Waals surface area contributed by atoms with E-state index in [1.54, 1.807) is 12.1 Å². The predicted octanol–water partition coefficient (Wildman–Crippen LogP) is 3.55. The number of esters is 2.